The van der Waals surface area contributed by atoms with Crippen LogP contribution in [0.3, 0.4) is 0 Å². The van der Waals surface area contributed by atoms with Crippen molar-refractivity contribution in [2.75, 3.05) is 19.8 Å². The fourth-order valence-electron chi connectivity index (χ4n) is 5.57. The van der Waals surface area contributed by atoms with Crippen LogP contribution in [0, 0.1) is 27.7 Å². The van der Waals surface area contributed by atoms with E-state index in [1.807, 2.05) is 81.4 Å². The zero-order valence-electron chi connectivity index (χ0n) is 35.9. The number of para-hydroxylation sites is 4. The van der Waals surface area contributed by atoms with Gasteiger partial charge >= 0.3 is 17.9 Å². The van der Waals surface area contributed by atoms with Crippen molar-refractivity contribution in [1.29, 1.82) is 0 Å². The summed E-state index contributed by atoms with van der Waals surface area (Å²) in [4.78, 5) is 56.3. The molecule has 0 saturated heterocycles. The smallest absolute Gasteiger partial charge is 0.350 e. The minimum Gasteiger partial charge on any atom is -0.480 e. The van der Waals surface area contributed by atoms with Crippen molar-refractivity contribution in [2.24, 2.45) is 0 Å². The van der Waals surface area contributed by atoms with E-state index in [0.717, 1.165) is 27.7 Å². The second-order valence-electron chi connectivity index (χ2n) is 14.1. The number of ether oxygens (including phenoxy) is 6. The summed E-state index contributed by atoms with van der Waals surface area (Å²) in [5.41, 5.74) is 6.37. The monoisotopic (exact) mass is 947 g/mol. The summed E-state index contributed by atoms with van der Waals surface area (Å²) in [6.07, 6.45) is 2.94. The third-order valence-corrected chi connectivity index (χ3v) is 9.60. The molecular weight excluding hydrogens is 909 g/mol. The van der Waals surface area contributed by atoms with Gasteiger partial charge in [0, 0.05) is 12.3 Å². The van der Waals surface area contributed by atoms with Crippen molar-refractivity contribution in [1.82, 2.24) is 24.9 Å². The first kappa shape index (κ1) is 48.1. The highest BCUT2D eigenvalue weighted by Gasteiger charge is 2.14. The van der Waals surface area contributed by atoms with E-state index < -0.39 is 17.9 Å². The summed E-state index contributed by atoms with van der Waals surface area (Å²) >= 11 is 18.1. The van der Waals surface area contributed by atoms with Gasteiger partial charge in [-0.2, -0.15) is 0 Å². The summed E-state index contributed by atoms with van der Waals surface area (Å²) < 4.78 is 31.4. The van der Waals surface area contributed by atoms with Crippen LogP contribution in [-0.2, 0) is 14.4 Å². The lowest BCUT2D eigenvalue weighted by molar-refractivity contribution is -0.137. The lowest BCUT2D eigenvalue weighted by Crippen LogP contribution is -2.19. The van der Waals surface area contributed by atoms with Gasteiger partial charge in [0.1, 0.15) is 22.9 Å². The van der Waals surface area contributed by atoms with Crippen molar-refractivity contribution >= 4 is 74.8 Å². The molecule has 14 nitrogen and oxygen atoms in total. The molecule has 5 aromatic carbocycles. The number of carbonyl (C=O) groups is 3. The molecular formula is C49H40Cl3N5O9. The van der Waals surface area contributed by atoms with Crippen LogP contribution in [0.4, 0.5) is 0 Å². The van der Waals surface area contributed by atoms with E-state index in [1.165, 1.54) is 6.20 Å². The number of hydrogen-bond donors (Lipinski definition) is 0. The first-order valence-electron chi connectivity index (χ1n) is 19.9. The molecule has 0 N–H and O–H groups in total. The second kappa shape index (κ2) is 23.5. The standard InChI is InChI=1S/C18H15ClN2O3.C17H13ClN2O3.C14H12ClNO3/c1-11-7-8-16(13(19)9-11)23-10-17(22)24-18-12(2)20-14-5-3-4-6-15(14)21-18;1-11-6-7-15(12(18)8-11)22-10-17(21)23-16-9-19-13-4-2-3-5-14(13)20-16;1-10-5-6-12(11(15)8-10)18-9-14(17)19-13-4-2-3-7-16-13/h3-9H,10H2,1-2H3;2-9H,10H2,1H3;2-8H,9H2,1H3. The number of rotatable bonds is 12. The topological polar surface area (TPSA) is 171 Å². The van der Waals surface area contributed by atoms with Gasteiger partial charge < -0.3 is 28.4 Å². The van der Waals surface area contributed by atoms with Gasteiger partial charge in [0.15, 0.2) is 19.8 Å². The number of pyridine rings is 1. The summed E-state index contributed by atoms with van der Waals surface area (Å²) in [6.45, 7) is 6.74. The summed E-state index contributed by atoms with van der Waals surface area (Å²) in [7, 11) is 0. The summed E-state index contributed by atoms with van der Waals surface area (Å²) in [5, 5.41) is 1.36. The zero-order chi connectivity index (χ0) is 47.0. The van der Waals surface area contributed by atoms with Crippen LogP contribution in [0.15, 0.2) is 134 Å². The van der Waals surface area contributed by atoms with Crippen molar-refractivity contribution in [2.45, 2.75) is 27.7 Å². The van der Waals surface area contributed by atoms with Crippen LogP contribution in [0.1, 0.15) is 22.4 Å². The van der Waals surface area contributed by atoms with Crippen LogP contribution in [0.2, 0.25) is 15.1 Å². The number of aromatic nitrogens is 5. The van der Waals surface area contributed by atoms with E-state index in [0.29, 0.717) is 49.0 Å². The third-order valence-electron chi connectivity index (χ3n) is 8.71. The average molecular weight is 949 g/mol. The van der Waals surface area contributed by atoms with E-state index >= 15 is 0 Å². The van der Waals surface area contributed by atoms with Crippen molar-refractivity contribution < 1.29 is 42.8 Å². The number of benzene rings is 5. The molecule has 0 bridgehead atoms. The quantitative estimate of drug-likeness (QED) is 0.106. The summed E-state index contributed by atoms with van der Waals surface area (Å²) in [5.74, 6) is 0.182. The Bertz CT molecular complexity index is 2980. The molecule has 0 spiro atoms. The molecule has 336 valence electrons. The van der Waals surface area contributed by atoms with Gasteiger partial charge in [-0.25, -0.2) is 39.3 Å². The van der Waals surface area contributed by atoms with Gasteiger partial charge in [-0.1, -0.05) is 83.3 Å². The Hall–Kier alpha value is -7.39. The molecule has 0 radical (unpaired) electrons. The molecule has 66 heavy (non-hydrogen) atoms. The lowest BCUT2D eigenvalue weighted by atomic mass is 10.2. The Balaban J connectivity index is 0.000000165. The fourth-order valence-corrected chi connectivity index (χ4v) is 6.44. The highest BCUT2D eigenvalue weighted by atomic mass is 35.5. The Morgan fingerprint density at radius 2 is 0.879 bits per heavy atom. The Morgan fingerprint density at radius 3 is 1.35 bits per heavy atom. The molecule has 8 aromatic rings. The third kappa shape index (κ3) is 14.6. The molecule has 0 aliphatic heterocycles. The van der Waals surface area contributed by atoms with E-state index in [4.69, 9.17) is 63.2 Å². The average Bonchev–Trinajstić information content (AvgIpc) is 3.29. The van der Waals surface area contributed by atoms with Gasteiger partial charge in [-0.05, 0) is 111 Å². The number of esters is 3. The van der Waals surface area contributed by atoms with Crippen molar-refractivity contribution in [3.63, 3.8) is 0 Å². The Morgan fingerprint density at radius 1 is 0.455 bits per heavy atom. The fraction of sp³-hybridized carbons (Fsp3) is 0.143. The SMILES string of the molecule is Cc1ccc(OCC(=O)Oc2ccccn2)c(Cl)c1.Cc1ccc(OCC(=O)Oc2cnc3ccccc3n2)c(Cl)c1.Cc1ccc(OCC(=O)Oc2nc3ccccc3nc2C)c(Cl)c1. The maximum Gasteiger partial charge on any atom is 0.350 e. The van der Waals surface area contributed by atoms with Gasteiger partial charge in [-0.3, -0.25) is 0 Å². The van der Waals surface area contributed by atoms with Gasteiger partial charge in [0.2, 0.25) is 17.6 Å². The molecule has 0 aliphatic carbocycles. The van der Waals surface area contributed by atoms with Crippen LogP contribution >= 0.6 is 34.8 Å². The lowest BCUT2D eigenvalue weighted by Gasteiger charge is -2.09. The van der Waals surface area contributed by atoms with E-state index in [1.54, 1.807) is 73.8 Å². The molecule has 0 aliphatic rings. The van der Waals surface area contributed by atoms with Crippen LogP contribution in [0.25, 0.3) is 22.1 Å². The van der Waals surface area contributed by atoms with E-state index in [9.17, 15) is 14.4 Å². The van der Waals surface area contributed by atoms with E-state index in [2.05, 4.69) is 24.9 Å². The maximum atomic E-state index is 12.0. The van der Waals surface area contributed by atoms with Gasteiger partial charge in [0.05, 0.1) is 43.3 Å². The molecule has 0 fully saturated rings. The number of carbonyl (C=O) groups excluding carboxylic acids is 3. The predicted molar refractivity (Wildman–Crippen MR) is 250 cm³/mol. The highest BCUT2D eigenvalue weighted by molar-refractivity contribution is 6.32. The predicted octanol–water partition coefficient (Wildman–Crippen LogP) is 10.5. The number of fused-ring (bicyclic) bond motifs is 2. The first-order valence-corrected chi connectivity index (χ1v) is 21.1. The van der Waals surface area contributed by atoms with Gasteiger partial charge in [-0.15, -0.1) is 0 Å². The molecule has 0 unspecified atom stereocenters. The highest BCUT2D eigenvalue weighted by Crippen LogP contribution is 2.27. The van der Waals surface area contributed by atoms with Crippen LogP contribution < -0.4 is 28.4 Å². The normalized spacial score (nSPS) is 10.4. The number of aryl methyl sites for hydroxylation is 4. The van der Waals surface area contributed by atoms with Crippen molar-refractivity contribution in [3.8, 4) is 34.9 Å². The number of hydrogen-bond acceptors (Lipinski definition) is 14. The zero-order valence-corrected chi connectivity index (χ0v) is 38.1. The second-order valence-corrected chi connectivity index (χ2v) is 15.3. The molecule has 0 amide bonds. The summed E-state index contributed by atoms with van der Waals surface area (Å²) in [6, 6.07) is 35.7. The molecule has 3 aromatic heterocycles. The molecule has 0 atom stereocenters. The molecule has 8 rings (SSSR count). The maximum absolute atomic E-state index is 12.0. The molecule has 17 heteroatoms. The molecule has 3 heterocycles. The van der Waals surface area contributed by atoms with Gasteiger partial charge in [0.25, 0.3) is 0 Å². The minimum absolute atomic E-state index is 0.132. The molecule has 0 saturated carbocycles. The minimum atomic E-state index is -0.578. The number of nitrogens with zero attached hydrogens (tertiary/aromatic N) is 5. The Labute approximate surface area is 394 Å². The first-order chi connectivity index (χ1) is 31.8. The van der Waals surface area contributed by atoms with E-state index in [-0.39, 0.29) is 37.5 Å². The largest absolute Gasteiger partial charge is 0.480 e. The van der Waals surface area contributed by atoms with Crippen LogP contribution in [-0.4, -0.2) is 62.6 Å². The van der Waals surface area contributed by atoms with Crippen LogP contribution in [0.5, 0.6) is 34.9 Å². The Kier molecular flexibility index (Phi) is 17.1. The van der Waals surface area contributed by atoms with Crippen molar-refractivity contribution in [3.05, 3.63) is 171 Å². The number of halogens is 3.